The van der Waals surface area contributed by atoms with Crippen LogP contribution < -0.4 is 4.74 Å². The number of carbonyl (C=O) groups is 1. The molecule has 0 amide bonds. The van der Waals surface area contributed by atoms with E-state index in [4.69, 9.17) is 16.3 Å². The van der Waals surface area contributed by atoms with Gasteiger partial charge in [0.2, 0.25) is 0 Å². The zero-order chi connectivity index (χ0) is 28.7. The molecule has 6 heteroatoms. The van der Waals surface area contributed by atoms with Gasteiger partial charge in [-0.15, -0.1) is 0 Å². The molecule has 0 spiro atoms. The molecule has 0 bridgehead atoms. The van der Waals surface area contributed by atoms with Crippen molar-refractivity contribution in [2.75, 3.05) is 0 Å². The number of aryl methyl sites for hydroxylation is 1. The van der Waals surface area contributed by atoms with Gasteiger partial charge in [-0.25, -0.2) is 14.8 Å². The van der Waals surface area contributed by atoms with E-state index in [0.717, 1.165) is 36.8 Å². The number of unbranched alkanes of at least 4 members (excludes halogenated alkanes) is 9. The van der Waals surface area contributed by atoms with E-state index in [2.05, 4.69) is 23.8 Å². The fourth-order valence-electron chi connectivity index (χ4n) is 4.95. The molecule has 0 fully saturated rings. The van der Waals surface area contributed by atoms with E-state index in [9.17, 15) is 9.90 Å². The van der Waals surface area contributed by atoms with E-state index < -0.39 is 5.97 Å². The monoisotopic (exact) mass is 564 g/mol. The van der Waals surface area contributed by atoms with Crippen molar-refractivity contribution in [2.45, 2.75) is 110 Å². The quantitative estimate of drug-likeness (QED) is 0.156. The van der Waals surface area contributed by atoms with Gasteiger partial charge in [0, 0.05) is 23.5 Å². The highest BCUT2D eigenvalue weighted by molar-refractivity contribution is 6.35. The molecule has 0 aliphatic heterocycles. The SMILES string of the molecule is CCCCCCCCCc1cnc(-c2ccc(-c3c(C(=O)O)ccc(OC(C)CCCCCC)c3Cl)cc2)nc1. The van der Waals surface area contributed by atoms with Crippen LogP contribution in [0.15, 0.2) is 48.8 Å². The maximum atomic E-state index is 12.0. The molecule has 0 saturated carbocycles. The minimum absolute atomic E-state index is 0.00817. The molecule has 3 rings (SSSR count). The normalized spacial score (nSPS) is 11.9. The van der Waals surface area contributed by atoms with E-state index in [-0.39, 0.29) is 11.7 Å². The lowest BCUT2D eigenvalue weighted by molar-refractivity contribution is 0.0697. The van der Waals surface area contributed by atoms with Crippen LogP contribution in [0.5, 0.6) is 5.75 Å². The third-order valence-corrected chi connectivity index (χ3v) is 7.71. The summed E-state index contributed by atoms with van der Waals surface area (Å²) >= 11 is 6.77. The van der Waals surface area contributed by atoms with Crippen LogP contribution in [0, 0.1) is 0 Å². The van der Waals surface area contributed by atoms with Crippen LogP contribution in [0.3, 0.4) is 0 Å². The Kier molecular flexibility index (Phi) is 13.4. The Morgan fingerprint density at radius 2 is 1.40 bits per heavy atom. The third-order valence-electron chi connectivity index (χ3n) is 7.34. The molecule has 0 aliphatic rings. The molecule has 1 aromatic heterocycles. The zero-order valence-corrected chi connectivity index (χ0v) is 25.2. The molecule has 0 aliphatic carbocycles. The van der Waals surface area contributed by atoms with Crippen molar-refractivity contribution >= 4 is 17.6 Å². The van der Waals surface area contributed by atoms with Crippen molar-refractivity contribution in [3.8, 4) is 28.3 Å². The van der Waals surface area contributed by atoms with Gasteiger partial charge in [-0.2, -0.15) is 0 Å². The number of hydrogen-bond acceptors (Lipinski definition) is 4. The Morgan fingerprint density at radius 3 is 2.02 bits per heavy atom. The molecular weight excluding hydrogens is 520 g/mol. The second-order valence-corrected chi connectivity index (χ2v) is 11.1. The van der Waals surface area contributed by atoms with Crippen molar-refractivity contribution in [3.63, 3.8) is 0 Å². The fourth-order valence-corrected chi connectivity index (χ4v) is 5.27. The van der Waals surface area contributed by atoms with Crippen LogP contribution in [-0.4, -0.2) is 27.1 Å². The van der Waals surface area contributed by atoms with Gasteiger partial charge in [0.05, 0.1) is 16.7 Å². The number of ether oxygens (including phenoxy) is 1. The molecule has 0 saturated heterocycles. The molecule has 2 aromatic carbocycles. The van der Waals surface area contributed by atoms with E-state index >= 15 is 0 Å². The minimum Gasteiger partial charge on any atom is -0.489 e. The Morgan fingerprint density at radius 1 is 0.825 bits per heavy atom. The molecule has 1 N–H and O–H groups in total. The van der Waals surface area contributed by atoms with Gasteiger partial charge in [0.15, 0.2) is 5.82 Å². The van der Waals surface area contributed by atoms with E-state index in [0.29, 0.717) is 27.7 Å². The maximum absolute atomic E-state index is 12.0. The summed E-state index contributed by atoms with van der Waals surface area (Å²) in [6, 6.07) is 10.8. The topological polar surface area (TPSA) is 72.3 Å². The van der Waals surface area contributed by atoms with Crippen LogP contribution in [-0.2, 0) is 6.42 Å². The van der Waals surface area contributed by atoms with Crippen LogP contribution in [0.4, 0.5) is 0 Å². The molecule has 0 radical (unpaired) electrons. The van der Waals surface area contributed by atoms with Gasteiger partial charge in [-0.3, -0.25) is 0 Å². The maximum Gasteiger partial charge on any atom is 0.336 e. The van der Waals surface area contributed by atoms with Crippen LogP contribution in [0.1, 0.15) is 114 Å². The Labute approximate surface area is 245 Å². The number of rotatable bonds is 18. The highest BCUT2D eigenvalue weighted by Gasteiger charge is 2.20. The summed E-state index contributed by atoms with van der Waals surface area (Å²) in [7, 11) is 0. The number of carboxylic acid groups (broad SMARTS) is 1. The highest BCUT2D eigenvalue weighted by atomic mass is 35.5. The Hall–Kier alpha value is -2.92. The summed E-state index contributed by atoms with van der Waals surface area (Å²) in [5.41, 5.74) is 3.34. The first kappa shape index (κ1) is 31.6. The number of aromatic carboxylic acids is 1. The summed E-state index contributed by atoms with van der Waals surface area (Å²) in [4.78, 5) is 21.2. The van der Waals surface area contributed by atoms with Gasteiger partial charge in [-0.1, -0.05) is 108 Å². The lowest BCUT2D eigenvalue weighted by Crippen LogP contribution is -2.12. The fraction of sp³-hybridized carbons (Fsp3) is 0.500. The van der Waals surface area contributed by atoms with Crippen molar-refractivity contribution in [1.82, 2.24) is 9.97 Å². The first-order valence-corrected chi connectivity index (χ1v) is 15.5. The first-order chi connectivity index (χ1) is 19.4. The van der Waals surface area contributed by atoms with Crippen LogP contribution >= 0.6 is 11.6 Å². The highest BCUT2D eigenvalue weighted by Crippen LogP contribution is 2.39. The molecule has 5 nitrogen and oxygen atoms in total. The predicted octanol–water partition coefficient (Wildman–Crippen LogP) is 10.2. The summed E-state index contributed by atoms with van der Waals surface area (Å²) < 4.78 is 6.14. The number of halogens is 1. The summed E-state index contributed by atoms with van der Waals surface area (Å²) in [5, 5.41) is 10.2. The van der Waals surface area contributed by atoms with E-state index in [1.807, 2.05) is 43.6 Å². The lowest BCUT2D eigenvalue weighted by atomic mass is 9.97. The van der Waals surface area contributed by atoms with Gasteiger partial charge >= 0.3 is 5.97 Å². The predicted molar refractivity (Wildman–Crippen MR) is 165 cm³/mol. The van der Waals surface area contributed by atoms with Gasteiger partial charge in [-0.05, 0) is 55.9 Å². The largest absolute Gasteiger partial charge is 0.489 e. The molecular formula is C34H45ClN2O3. The average molecular weight is 565 g/mol. The van der Waals surface area contributed by atoms with Crippen molar-refractivity contribution in [3.05, 3.63) is 64.9 Å². The number of benzene rings is 2. The van der Waals surface area contributed by atoms with Crippen LogP contribution in [0.25, 0.3) is 22.5 Å². The minimum atomic E-state index is -1.03. The standard InChI is InChI=1S/C34H45ClN2O3/c1-4-6-8-10-11-12-14-16-26-23-36-33(37-24-26)28-19-17-27(18-20-28)31-29(34(38)39)21-22-30(32(31)35)40-25(3)15-13-9-7-5-2/h17-25H,4-16H2,1-3H3,(H,38,39). The molecule has 216 valence electrons. The molecule has 3 aromatic rings. The Balaban J connectivity index is 1.67. The average Bonchev–Trinajstić information content (AvgIpc) is 2.96. The molecule has 1 unspecified atom stereocenters. The van der Waals surface area contributed by atoms with E-state index in [1.165, 1.54) is 57.8 Å². The third kappa shape index (κ3) is 9.62. The first-order valence-electron chi connectivity index (χ1n) is 15.1. The number of aromatic nitrogens is 2. The zero-order valence-electron chi connectivity index (χ0n) is 24.4. The summed E-state index contributed by atoms with van der Waals surface area (Å²) in [5.74, 6) is 0.127. The summed E-state index contributed by atoms with van der Waals surface area (Å²) in [6.07, 6.45) is 19.4. The Bertz CT molecular complexity index is 1180. The van der Waals surface area contributed by atoms with Gasteiger partial charge in [0.25, 0.3) is 0 Å². The molecule has 1 atom stereocenters. The molecule has 40 heavy (non-hydrogen) atoms. The number of nitrogens with zero attached hydrogens (tertiary/aromatic N) is 2. The van der Waals surface area contributed by atoms with Crippen molar-refractivity contribution in [2.24, 2.45) is 0 Å². The van der Waals surface area contributed by atoms with E-state index in [1.54, 1.807) is 12.1 Å². The lowest BCUT2D eigenvalue weighted by Gasteiger charge is -2.18. The second kappa shape index (κ2) is 17.0. The van der Waals surface area contributed by atoms with Crippen molar-refractivity contribution < 1.29 is 14.6 Å². The second-order valence-electron chi connectivity index (χ2n) is 10.7. The summed E-state index contributed by atoms with van der Waals surface area (Å²) in [6.45, 7) is 6.47. The van der Waals surface area contributed by atoms with Gasteiger partial charge in [0.1, 0.15) is 5.75 Å². The number of hydrogen-bond donors (Lipinski definition) is 1. The smallest absolute Gasteiger partial charge is 0.336 e. The van der Waals surface area contributed by atoms with Crippen LogP contribution in [0.2, 0.25) is 5.02 Å². The van der Waals surface area contributed by atoms with Crippen molar-refractivity contribution in [1.29, 1.82) is 0 Å². The number of carboxylic acids is 1. The van der Waals surface area contributed by atoms with Gasteiger partial charge < -0.3 is 9.84 Å². The molecule has 1 heterocycles.